The smallest absolute Gasteiger partial charge is 0.423 e. The lowest BCUT2D eigenvalue weighted by molar-refractivity contribution is 0.425. The van der Waals surface area contributed by atoms with Crippen molar-refractivity contribution >= 4 is 12.6 Å². The number of benzene rings is 2. The van der Waals surface area contributed by atoms with E-state index in [9.17, 15) is 10.0 Å². The maximum atomic E-state index is 9.53. The quantitative estimate of drug-likeness (QED) is 0.764. The van der Waals surface area contributed by atoms with Crippen LogP contribution in [0.4, 0.5) is 0 Å². The largest absolute Gasteiger partial charge is 0.489 e. The average Bonchev–Trinajstić information content (AvgIpc) is 2.33. The third-order valence-electron chi connectivity index (χ3n) is 3.13. The van der Waals surface area contributed by atoms with Crippen molar-refractivity contribution in [1.29, 1.82) is 0 Å². The van der Waals surface area contributed by atoms with E-state index in [0.717, 1.165) is 22.3 Å². The molecule has 0 amide bonds. The molecule has 0 aliphatic carbocycles. The van der Waals surface area contributed by atoms with Gasteiger partial charge in [0.1, 0.15) is 0 Å². The Kier molecular flexibility index (Phi) is 3.32. The molecular weight excluding hydrogens is 211 g/mol. The highest BCUT2D eigenvalue weighted by atomic mass is 16.4. The molecule has 0 unspecified atom stereocenters. The van der Waals surface area contributed by atoms with Crippen molar-refractivity contribution in [2.24, 2.45) is 0 Å². The van der Waals surface area contributed by atoms with E-state index in [2.05, 4.69) is 0 Å². The Bertz CT molecular complexity index is 521. The Morgan fingerprint density at radius 1 is 0.882 bits per heavy atom. The zero-order valence-corrected chi connectivity index (χ0v) is 10.0. The second kappa shape index (κ2) is 4.74. The summed E-state index contributed by atoms with van der Waals surface area (Å²) in [6, 6.07) is 13.7. The van der Waals surface area contributed by atoms with Gasteiger partial charge in [-0.15, -0.1) is 0 Å². The molecule has 0 aliphatic rings. The fourth-order valence-corrected chi connectivity index (χ4v) is 2.04. The first-order valence-electron chi connectivity index (χ1n) is 5.63. The van der Waals surface area contributed by atoms with Gasteiger partial charge in [-0.05, 0) is 41.6 Å². The first kappa shape index (κ1) is 11.9. The van der Waals surface area contributed by atoms with Crippen LogP contribution in [-0.2, 0) is 0 Å². The van der Waals surface area contributed by atoms with Crippen molar-refractivity contribution in [3.05, 3.63) is 53.6 Å². The molecule has 0 aromatic heterocycles. The van der Waals surface area contributed by atoms with Gasteiger partial charge < -0.3 is 10.0 Å². The molecule has 0 atom stereocenters. The zero-order valence-electron chi connectivity index (χ0n) is 10.0. The van der Waals surface area contributed by atoms with Crippen LogP contribution < -0.4 is 5.46 Å². The van der Waals surface area contributed by atoms with Crippen LogP contribution in [0, 0.1) is 13.8 Å². The molecule has 86 valence electrons. The van der Waals surface area contributed by atoms with Crippen LogP contribution in [0.25, 0.3) is 11.1 Å². The van der Waals surface area contributed by atoms with Crippen LogP contribution in [0.1, 0.15) is 11.1 Å². The molecule has 0 spiro atoms. The van der Waals surface area contributed by atoms with E-state index < -0.39 is 7.12 Å². The summed E-state index contributed by atoms with van der Waals surface area (Å²) < 4.78 is 0. The Morgan fingerprint density at radius 3 is 2.12 bits per heavy atom. The molecule has 0 bridgehead atoms. The van der Waals surface area contributed by atoms with Gasteiger partial charge in [0.05, 0.1) is 0 Å². The van der Waals surface area contributed by atoms with Crippen molar-refractivity contribution in [1.82, 2.24) is 0 Å². The van der Waals surface area contributed by atoms with E-state index in [1.54, 1.807) is 0 Å². The van der Waals surface area contributed by atoms with Gasteiger partial charge in [0.2, 0.25) is 0 Å². The number of aryl methyl sites for hydroxylation is 1. The number of rotatable bonds is 2. The van der Waals surface area contributed by atoms with E-state index in [1.807, 2.05) is 56.3 Å². The Hall–Kier alpha value is -1.58. The summed E-state index contributed by atoms with van der Waals surface area (Å²) >= 11 is 0. The first-order valence-corrected chi connectivity index (χ1v) is 5.63. The molecule has 0 aliphatic heterocycles. The average molecular weight is 226 g/mol. The highest BCUT2D eigenvalue weighted by Crippen LogP contribution is 2.20. The summed E-state index contributed by atoms with van der Waals surface area (Å²) in [4.78, 5) is 0. The molecule has 3 heteroatoms. The lowest BCUT2D eigenvalue weighted by Gasteiger charge is -2.14. The van der Waals surface area contributed by atoms with Crippen LogP contribution >= 0.6 is 0 Å². The van der Waals surface area contributed by atoms with Crippen molar-refractivity contribution in [2.45, 2.75) is 13.8 Å². The van der Waals surface area contributed by atoms with Crippen molar-refractivity contribution < 1.29 is 10.0 Å². The monoisotopic (exact) mass is 226 g/mol. The molecule has 0 radical (unpaired) electrons. The summed E-state index contributed by atoms with van der Waals surface area (Å²) in [6.07, 6.45) is 0. The van der Waals surface area contributed by atoms with Gasteiger partial charge in [0.25, 0.3) is 0 Å². The van der Waals surface area contributed by atoms with Gasteiger partial charge >= 0.3 is 7.12 Å². The molecule has 0 fully saturated rings. The van der Waals surface area contributed by atoms with E-state index in [4.69, 9.17) is 0 Å². The van der Waals surface area contributed by atoms with E-state index in [1.165, 1.54) is 0 Å². The third-order valence-corrected chi connectivity index (χ3v) is 3.13. The van der Waals surface area contributed by atoms with Crippen LogP contribution in [-0.4, -0.2) is 17.2 Å². The lowest BCUT2D eigenvalue weighted by atomic mass is 9.71. The second-order valence-corrected chi connectivity index (χ2v) is 4.21. The highest BCUT2D eigenvalue weighted by molar-refractivity contribution is 6.61. The molecule has 2 rings (SSSR count). The number of hydrogen-bond donors (Lipinski definition) is 2. The highest BCUT2D eigenvalue weighted by Gasteiger charge is 2.20. The Labute approximate surface area is 102 Å². The van der Waals surface area contributed by atoms with Gasteiger partial charge in [0.15, 0.2) is 0 Å². The topological polar surface area (TPSA) is 40.5 Å². The summed E-state index contributed by atoms with van der Waals surface area (Å²) in [5, 5.41) is 19.1. The Balaban J connectivity index is 2.67. The van der Waals surface area contributed by atoms with Crippen molar-refractivity contribution in [2.75, 3.05) is 0 Å². The second-order valence-electron chi connectivity index (χ2n) is 4.21. The molecule has 0 saturated carbocycles. The fourth-order valence-electron chi connectivity index (χ4n) is 2.04. The normalized spacial score (nSPS) is 10.4. The van der Waals surface area contributed by atoms with Crippen molar-refractivity contribution in [3.63, 3.8) is 0 Å². The summed E-state index contributed by atoms with van der Waals surface area (Å²) in [5.41, 5.74) is 4.47. The van der Waals surface area contributed by atoms with Crippen LogP contribution in [0.2, 0.25) is 0 Å². The summed E-state index contributed by atoms with van der Waals surface area (Å²) in [5.74, 6) is 0. The molecule has 2 aromatic carbocycles. The molecule has 2 aromatic rings. The van der Waals surface area contributed by atoms with Gasteiger partial charge in [-0.2, -0.15) is 0 Å². The van der Waals surface area contributed by atoms with Gasteiger partial charge in [0, 0.05) is 0 Å². The predicted molar refractivity (Wildman–Crippen MR) is 71.2 cm³/mol. The van der Waals surface area contributed by atoms with Gasteiger partial charge in [-0.3, -0.25) is 0 Å². The minimum absolute atomic E-state index is 0.594. The lowest BCUT2D eigenvalue weighted by Crippen LogP contribution is -2.34. The van der Waals surface area contributed by atoms with Crippen molar-refractivity contribution in [3.8, 4) is 11.1 Å². The van der Waals surface area contributed by atoms with E-state index in [-0.39, 0.29) is 0 Å². The van der Waals surface area contributed by atoms with Crippen LogP contribution in [0.15, 0.2) is 42.5 Å². The maximum absolute atomic E-state index is 9.53. The van der Waals surface area contributed by atoms with Gasteiger partial charge in [-0.1, -0.05) is 42.5 Å². The Morgan fingerprint density at radius 2 is 1.53 bits per heavy atom. The molecule has 0 heterocycles. The summed E-state index contributed by atoms with van der Waals surface area (Å²) in [7, 11) is -1.44. The van der Waals surface area contributed by atoms with Gasteiger partial charge in [-0.25, -0.2) is 0 Å². The van der Waals surface area contributed by atoms with Crippen LogP contribution in [0.3, 0.4) is 0 Å². The molecule has 2 N–H and O–H groups in total. The SMILES string of the molecule is Cc1ccc(-c2ccccc2)c(B(O)O)c1C. The maximum Gasteiger partial charge on any atom is 0.489 e. The van der Waals surface area contributed by atoms with E-state index in [0.29, 0.717) is 5.46 Å². The van der Waals surface area contributed by atoms with E-state index >= 15 is 0 Å². The standard InChI is InChI=1S/C14H15BO2/c1-10-8-9-13(12-6-4-3-5-7-12)14(11(10)2)15(16)17/h3-9,16-17H,1-2H3. The molecule has 17 heavy (non-hydrogen) atoms. The first-order chi connectivity index (χ1) is 8.11. The minimum Gasteiger partial charge on any atom is -0.423 e. The number of hydrogen-bond acceptors (Lipinski definition) is 2. The zero-order chi connectivity index (χ0) is 12.4. The molecule has 2 nitrogen and oxygen atoms in total. The summed E-state index contributed by atoms with van der Waals surface area (Å²) in [6.45, 7) is 3.88. The third kappa shape index (κ3) is 2.26. The minimum atomic E-state index is -1.44. The predicted octanol–water partition coefficient (Wildman–Crippen LogP) is 1.65. The van der Waals surface area contributed by atoms with Crippen LogP contribution in [0.5, 0.6) is 0 Å². The fraction of sp³-hybridized carbons (Fsp3) is 0.143. The molecule has 0 saturated heterocycles. The molecular formula is C14H15BO2.